The van der Waals surface area contributed by atoms with E-state index in [1.807, 2.05) is 0 Å². The van der Waals surface area contributed by atoms with Gasteiger partial charge in [-0.1, -0.05) is 295 Å². The highest BCUT2D eigenvalue weighted by atomic mass is 16.6. The number of unbranched alkanes of at least 4 members (excludes halogenated alkanes) is 40. The average Bonchev–Trinajstić information content (AvgIpc) is 3.36. The summed E-state index contributed by atoms with van der Waals surface area (Å²) < 4.78 is 16.8. The van der Waals surface area contributed by atoms with Crippen LogP contribution >= 0.6 is 0 Å². The molecule has 0 aromatic rings. The fourth-order valence-corrected chi connectivity index (χ4v) is 9.22. The molecule has 410 valence electrons. The zero-order valence-electron chi connectivity index (χ0n) is 47.1. The topological polar surface area (TPSA) is 78.9 Å². The van der Waals surface area contributed by atoms with Crippen LogP contribution in [0, 0.1) is 0 Å². The molecule has 1 atom stereocenters. The van der Waals surface area contributed by atoms with E-state index in [4.69, 9.17) is 14.2 Å². The van der Waals surface area contributed by atoms with Gasteiger partial charge in [-0.3, -0.25) is 14.4 Å². The highest BCUT2D eigenvalue weighted by Gasteiger charge is 2.19. The zero-order valence-corrected chi connectivity index (χ0v) is 47.1. The van der Waals surface area contributed by atoms with Gasteiger partial charge in [0.05, 0.1) is 0 Å². The van der Waals surface area contributed by atoms with Crippen LogP contribution in [-0.2, 0) is 28.6 Å². The van der Waals surface area contributed by atoms with E-state index in [1.54, 1.807) is 0 Å². The molecule has 0 radical (unpaired) electrons. The number of hydrogen-bond donors (Lipinski definition) is 0. The molecular weight excluding hydrogens is 865 g/mol. The summed E-state index contributed by atoms with van der Waals surface area (Å²) in [6, 6.07) is 0. The van der Waals surface area contributed by atoms with Crippen LogP contribution in [0.1, 0.15) is 335 Å². The Balaban J connectivity index is 4.03. The van der Waals surface area contributed by atoms with Crippen molar-refractivity contribution >= 4 is 17.9 Å². The maximum Gasteiger partial charge on any atom is 0.306 e. The van der Waals surface area contributed by atoms with Crippen molar-refractivity contribution in [3.8, 4) is 0 Å². The van der Waals surface area contributed by atoms with Crippen LogP contribution in [0.15, 0.2) is 36.5 Å². The number of carbonyl (C=O) groups is 3. The van der Waals surface area contributed by atoms with Gasteiger partial charge < -0.3 is 14.2 Å². The Hall–Kier alpha value is -2.37. The first-order valence-electron chi connectivity index (χ1n) is 31.0. The number of carbonyl (C=O) groups excluding carboxylic acids is 3. The lowest BCUT2D eigenvalue weighted by Crippen LogP contribution is -2.30. The van der Waals surface area contributed by atoms with Crippen molar-refractivity contribution in [3.63, 3.8) is 0 Å². The molecule has 0 amide bonds. The van der Waals surface area contributed by atoms with Crippen molar-refractivity contribution in [2.75, 3.05) is 13.2 Å². The first-order chi connectivity index (χ1) is 34.5. The Kier molecular flexibility index (Phi) is 57.2. The monoisotopic (exact) mass is 983 g/mol. The number of rotatable bonds is 57. The van der Waals surface area contributed by atoms with Gasteiger partial charge in [-0.05, 0) is 57.8 Å². The molecule has 0 fully saturated rings. The van der Waals surface area contributed by atoms with Crippen LogP contribution in [0.4, 0.5) is 0 Å². The molecule has 0 bridgehead atoms. The minimum absolute atomic E-state index is 0.0706. The molecule has 0 spiro atoms. The van der Waals surface area contributed by atoms with Gasteiger partial charge in [-0.25, -0.2) is 0 Å². The smallest absolute Gasteiger partial charge is 0.306 e. The first-order valence-corrected chi connectivity index (χ1v) is 31.0. The van der Waals surface area contributed by atoms with E-state index in [0.717, 1.165) is 77.0 Å². The second-order valence-electron chi connectivity index (χ2n) is 21.0. The van der Waals surface area contributed by atoms with Gasteiger partial charge in [-0.15, -0.1) is 0 Å². The van der Waals surface area contributed by atoms with Crippen molar-refractivity contribution in [2.24, 2.45) is 0 Å². The highest BCUT2D eigenvalue weighted by molar-refractivity contribution is 5.71. The molecule has 0 heterocycles. The van der Waals surface area contributed by atoms with Gasteiger partial charge in [0.15, 0.2) is 6.10 Å². The Labute approximate surface area is 435 Å². The summed E-state index contributed by atoms with van der Waals surface area (Å²) in [6.07, 6.45) is 72.0. The second-order valence-corrected chi connectivity index (χ2v) is 21.0. The molecule has 0 saturated carbocycles. The van der Waals surface area contributed by atoms with Crippen molar-refractivity contribution in [1.29, 1.82) is 0 Å². The largest absolute Gasteiger partial charge is 0.462 e. The van der Waals surface area contributed by atoms with E-state index in [1.165, 1.54) is 218 Å². The summed E-state index contributed by atoms with van der Waals surface area (Å²) in [5.41, 5.74) is 0. The van der Waals surface area contributed by atoms with Crippen LogP contribution in [0.5, 0.6) is 0 Å². The maximum absolute atomic E-state index is 12.8. The van der Waals surface area contributed by atoms with Crippen LogP contribution in [0.25, 0.3) is 0 Å². The molecular formula is C64H118O6. The zero-order chi connectivity index (χ0) is 50.7. The lowest BCUT2D eigenvalue weighted by molar-refractivity contribution is -0.167. The number of hydrogen-bond acceptors (Lipinski definition) is 6. The molecule has 0 saturated heterocycles. The Morgan fingerprint density at radius 2 is 0.514 bits per heavy atom. The molecule has 1 unspecified atom stereocenters. The summed E-state index contributed by atoms with van der Waals surface area (Å²) >= 11 is 0. The van der Waals surface area contributed by atoms with E-state index >= 15 is 0 Å². The van der Waals surface area contributed by atoms with Crippen LogP contribution in [0.3, 0.4) is 0 Å². The molecule has 0 aliphatic heterocycles. The van der Waals surface area contributed by atoms with Crippen LogP contribution in [-0.4, -0.2) is 37.2 Å². The lowest BCUT2D eigenvalue weighted by atomic mass is 10.0. The van der Waals surface area contributed by atoms with Crippen molar-refractivity contribution in [3.05, 3.63) is 36.5 Å². The maximum atomic E-state index is 12.8. The van der Waals surface area contributed by atoms with E-state index < -0.39 is 6.10 Å². The fourth-order valence-electron chi connectivity index (χ4n) is 9.22. The first kappa shape index (κ1) is 67.6. The van der Waals surface area contributed by atoms with Gasteiger partial charge in [0.1, 0.15) is 13.2 Å². The van der Waals surface area contributed by atoms with Gasteiger partial charge >= 0.3 is 17.9 Å². The lowest BCUT2D eigenvalue weighted by Gasteiger charge is -2.18. The quantitative estimate of drug-likeness (QED) is 0.0261. The SMILES string of the molecule is CCCCCCC/C=C\C/C=C\C/C=C\CCCCCCCCCCCCC(=O)OCC(COC(=O)CCCCCCC)OC(=O)CCCCCCCCCCCCCCCCCCCCCCCC. The van der Waals surface area contributed by atoms with Gasteiger partial charge in [0.25, 0.3) is 0 Å². The normalized spacial score (nSPS) is 12.2. The highest BCUT2D eigenvalue weighted by Crippen LogP contribution is 2.17. The second kappa shape index (κ2) is 59.2. The van der Waals surface area contributed by atoms with E-state index in [2.05, 4.69) is 57.2 Å². The summed E-state index contributed by atoms with van der Waals surface area (Å²) in [5, 5.41) is 0. The number of allylic oxidation sites excluding steroid dienone is 6. The number of esters is 3. The molecule has 6 heteroatoms. The van der Waals surface area contributed by atoms with Crippen molar-refractivity contribution in [1.82, 2.24) is 0 Å². The Bertz CT molecular complexity index is 1170. The van der Waals surface area contributed by atoms with Gasteiger partial charge in [-0.2, -0.15) is 0 Å². The Morgan fingerprint density at radius 3 is 0.800 bits per heavy atom. The van der Waals surface area contributed by atoms with Crippen LogP contribution in [0.2, 0.25) is 0 Å². The number of ether oxygens (including phenoxy) is 3. The standard InChI is InChI=1S/C64H118O6/c1-4-7-10-13-15-17-19-21-23-25-27-29-31-32-33-35-36-38-40-42-44-46-48-51-54-57-63(66)69-60-61(59-68-62(65)56-53-50-12-9-6-3)70-64(67)58-55-52-49-47-45-43-41-39-37-34-30-28-26-24-22-20-18-16-14-11-8-5-2/h19,21,25,27,31-32,61H,4-18,20,22-24,26,28-30,33-60H2,1-3H3/b21-19-,27-25-,32-31-. The summed E-state index contributed by atoms with van der Waals surface area (Å²) in [5.74, 6) is -0.869. The molecule has 0 aliphatic carbocycles. The fraction of sp³-hybridized carbons (Fsp3) is 0.859. The molecule has 6 nitrogen and oxygen atoms in total. The van der Waals surface area contributed by atoms with E-state index in [9.17, 15) is 14.4 Å². The summed E-state index contributed by atoms with van der Waals surface area (Å²) in [7, 11) is 0. The molecule has 0 aromatic carbocycles. The van der Waals surface area contributed by atoms with E-state index in [-0.39, 0.29) is 31.1 Å². The summed E-state index contributed by atoms with van der Waals surface area (Å²) in [4.78, 5) is 37.9. The van der Waals surface area contributed by atoms with Gasteiger partial charge in [0, 0.05) is 19.3 Å². The third-order valence-electron chi connectivity index (χ3n) is 13.9. The van der Waals surface area contributed by atoms with Crippen molar-refractivity contribution < 1.29 is 28.6 Å². The molecule has 0 rings (SSSR count). The molecule has 70 heavy (non-hydrogen) atoms. The minimum atomic E-state index is -0.767. The average molecular weight is 984 g/mol. The minimum Gasteiger partial charge on any atom is -0.462 e. The van der Waals surface area contributed by atoms with Crippen molar-refractivity contribution in [2.45, 2.75) is 341 Å². The van der Waals surface area contributed by atoms with Gasteiger partial charge in [0.2, 0.25) is 0 Å². The predicted octanol–water partition coefficient (Wildman–Crippen LogP) is 20.8. The third-order valence-corrected chi connectivity index (χ3v) is 13.9. The Morgan fingerprint density at radius 1 is 0.286 bits per heavy atom. The van der Waals surface area contributed by atoms with Crippen LogP contribution < -0.4 is 0 Å². The molecule has 0 N–H and O–H groups in total. The predicted molar refractivity (Wildman–Crippen MR) is 302 cm³/mol. The molecule has 0 aromatic heterocycles. The van der Waals surface area contributed by atoms with E-state index in [0.29, 0.717) is 19.3 Å². The molecule has 0 aliphatic rings. The third kappa shape index (κ3) is 56.5. The summed E-state index contributed by atoms with van der Waals surface area (Å²) in [6.45, 7) is 6.59.